The molecule has 1 aromatic carbocycles. The van der Waals surface area contributed by atoms with Gasteiger partial charge < -0.3 is 15.2 Å². The van der Waals surface area contributed by atoms with E-state index in [0.29, 0.717) is 32.7 Å². The summed E-state index contributed by atoms with van der Waals surface area (Å²) < 4.78 is 0. The van der Waals surface area contributed by atoms with Gasteiger partial charge in [0.05, 0.1) is 28.2 Å². The van der Waals surface area contributed by atoms with Crippen LogP contribution in [0.5, 0.6) is 0 Å². The SMILES string of the molecule is C=c1nc2cc(Cl)/c(=C(/O)CSCCC(=O)O)cc2[nH]1. The number of aliphatic carboxylic acids is 1. The second-order valence-corrected chi connectivity index (χ2v) is 5.69. The van der Waals surface area contributed by atoms with Crippen molar-refractivity contribution in [2.75, 3.05) is 11.5 Å². The standard InChI is InChI=1S/C13H13ClN2O3S/c1-7-15-10-4-8(9(14)5-11(10)16-7)12(17)6-20-3-2-13(18)19/h4-5,15,17H,1-3,6H2,(H,18,19)/b12-8+. The Labute approximate surface area is 124 Å². The van der Waals surface area contributed by atoms with Gasteiger partial charge in [0.1, 0.15) is 11.2 Å². The van der Waals surface area contributed by atoms with Gasteiger partial charge in [-0.3, -0.25) is 4.79 Å². The quantitative estimate of drug-likeness (QED) is 0.728. The van der Waals surface area contributed by atoms with Crippen LogP contribution >= 0.6 is 23.4 Å². The number of benzene rings is 1. The van der Waals surface area contributed by atoms with Crippen LogP contribution in [0.1, 0.15) is 6.42 Å². The molecule has 0 unspecified atom stereocenters. The van der Waals surface area contributed by atoms with Crippen molar-refractivity contribution in [1.29, 1.82) is 0 Å². The molecule has 0 radical (unpaired) electrons. The van der Waals surface area contributed by atoms with Gasteiger partial charge in [-0.25, -0.2) is 4.98 Å². The molecule has 20 heavy (non-hydrogen) atoms. The first-order valence-electron chi connectivity index (χ1n) is 5.83. The predicted octanol–water partition coefficient (Wildman–Crippen LogP) is 1.50. The second-order valence-electron chi connectivity index (χ2n) is 4.18. The van der Waals surface area contributed by atoms with Gasteiger partial charge in [-0.1, -0.05) is 18.2 Å². The van der Waals surface area contributed by atoms with Crippen LogP contribution in [-0.4, -0.2) is 37.7 Å². The van der Waals surface area contributed by atoms with Crippen LogP contribution in [0.3, 0.4) is 0 Å². The van der Waals surface area contributed by atoms with Gasteiger partial charge in [-0.15, -0.1) is 0 Å². The average Bonchev–Trinajstić information content (AvgIpc) is 2.72. The molecule has 1 heterocycles. The third-order valence-electron chi connectivity index (χ3n) is 2.63. The Morgan fingerprint density at radius 2 is 2.20 bits per heavy atom. The van der Waals surface area contributed by atoms with Crippen molar-refractivity contribution >= 4 is 52.7 Å². The summed E-state index contributed by atoms with van der Waals surface area (Å²) in [4.78, 5) is 17.5. The third kappa shape index (κ3) is 3.46. The highest BCUT2D eigenvalue weighted by atomic mass is 35.5. The van der Waals surface area contributed by atoms with Crippen molar-refractivity contribution in [3.63, 3.8) is 0 Å². The molecule has 0 bridgehead atoms. The first-order valence-corrected chi connectivity index (χ1v) is 7.36. The summed E-state index contributed by atoms with van der Waals surface area (Å²) in [5.41, 5.74) is 1.97. The van der Waals surface area contributed by atoms with E-state index in [1.54, 1.807) is 12.1 Å². The number of nitrogens with zero attached hydrogens (tertiary/aromatic N) is 1. The Balaban J connectivity index is 2.24. The third-order valence-corrected chi connectivity index (χ3v) is 3.91. The number of thioether (sulfide) groups is 1. The highest BCUT2D eigenvalue weighted by Gasteiger charge is 2.05. The summed E-state index contributed by atoms with van der Waals surface area (Å²) in [6.07, 6.45) is 0.0656. The first kappa shape index (κ1) is 14.7. The molecule has 7 heteroatoms. The van der Waals surface area contributed by atoms with Crippen LogP contribution in [0.25, 0.3) is 23.4 Å². The maximum Gasteiger partial charge on any atom is 0.304 e. The number of carbonyl (C=O) groups is 1. The Morgan fingerprint density at radius 1 is 1.45 bits per heavy atom. The largest absolute Gasteiger partial charge is 0.511 e. The molecule has 0 saturated heterocycles. The molecule has 0 amide bonds. The molecule has 2 aromatic rings. The minimum atomic E-state index is -0.850. The summed E-state index contributed by atoms with van der Waals surface area (Å²) in [5.74, 6) is 0.0142. The molecule has 1 aromatic heterocycles. The van der Waals surface area contributed by atoms with Crippen molar-refractivity contribution < 1.29 is 15.0 Å². The maximum atomic E-state index is 10.4. The fourth-order valence-electron chi connectivity index (χ4n) is 1.71. The fourth-order valence-corrected chi connectivity index (χ4v) is 2.79. The number of aliphatic hydroxyl groups is 1. The van der Waals surface area contributed by atoms with E-state index in [1.165, 1.54) is 11.8 Å². The number of aromatic nitrogens is 2. The number of aliphatic hydroxyl groups excluding tert-OH is 1. The lowest BCUT2D eigenvalue weighted by Gasteiger charge is -2.01. The van der Waals surface area contributed by atoms with E-state index >= 15 is 0 Å². The molecule has 0 aliphatic carbocycles. The summed E-state index contributed by atoms with van der Waals surface area (Å²) in [5, 5.41) is 19.5. The van der Waals surface area contributed by atoms with Crippen LogP contribution in [0.2, 0.25) is 5.02 Å². The number of H-pyrrole nitrogens is 1. The molecule has 0 atom stereocenters. The topological polar surface area (TPSA) is 86.2 Å². The number of aromatic amines is 1. The zero-order chi connectivity index (χ0) is 14.7. The summed E-state index contributed by atoms with van der Waals surface area (Å²) in [6, 6.07) is 3.38. The highest BCUT2D eigenvalue weighted by Crippen LogP contribution is 2.13. The number of hydrogen-bond acceptors (Lipinski definition) is 4. The molecule has 0 fully saturated rings. The fraction of sp³-hybridized carbons (Fsp3) is 0.231. The maximum absolute atomic E-state index is 10.4. The molecule has 5 nitrogen and oxygen atoms in total. The summed E-state index contributed by atoms with van der Waals surface area (Å²) >= 11 is 7.45. The lowest BCUT2D eigenvalue weighted by molar-refractivity contribution is -0.136. The van der Waals surface area contributed by atoms with Gasteiger partial charge in [0.25, 0.3) is 0 Å². The predicted molar refractivity (Wildman–Crippen MR) is 81.5 cm³/mol. The number of fused-ring (bicyclic) bond motifs is 1. The van der Waals surface area contributed by atoms with Gasteiger partial charge in [-0.2, -0.15) is 11.8 Å². The molecule has 0 spiro atoms. The van der Waals surface area contributed by atoms with Crippen molar-refractivity contribution in [2.24, 2.45) is 0 Å². The lowest BCUT2D eigenvalue weighted by Crippen LogP contribution is -2.09. The Morgan fingerprint density at radius 3 is 2.90 bits per heavy atom. The molecular weight excluding hydrogens is 300 g/mol. The number of nitrogens with one attached hydrogen (secondary N) is 1. The van der Waals surface area contributed by atoms with Crippen molar-refractivity contribution in [3.05, 3.63) is 27.9 Å². The van der Waals surface area contributed by atoms with Gasteiger partial charge in [0, 0.05) is 11.0 Å². The smallest absolute Gasteiger partial charge is 0.304 e. The number of hydrogen-bond donors (Lipinski definition) is 3. The number of halogens is 1. The highest BCUT2D eigenvalue weighted by molar-refractivity contribution is 7.99. The van der Waals surface area contributed by atoms with Gasteiger partial charge in [0.15, 0.2) is 0 Å². The number of carboxylic acid groups (broad SMARTS) is 1. The molecule has 106 valence electrons. The molecule has 2 rings (SSSR count). The van der Waals surface area contributed by atoms with E-state index < -0.39 is 5.97 Å². The normalized spacial score (nSPS) is 12.7. The van der Waals surface area contributed by atoms with Crippen LogP contribution < -0.4 is 10.7 Å². The molecule has 0 aliphatic heterocycles. The first-order chi connectivity index (χ1) is 9.47. The van der Waals surface area contributed by atoms with E-state index in [2.05, 4.69) is 16.5 Å². The van der Waals surface area contributed by atoms with Crippen molar-refractivity contribution in [1.82, 2.24) is 9.97 Å². The molecule has 0 aliphatic rings. The summed E-state index contributed by atoms with van der Waals surface area (Å²) in [7, 11) is 0. The van der Waals surface area contributed by atoms with Crippen LogP contribution in [-0.2, 0) is 4.79 Å². The van der Waals surface area contributed by atoms with Gasteiger partial charge in [-0.05, 0) is 12.1 Å². The molecule has 0 saturated carbocycles. The Kier molecular flexibility index (Phi) is 4.57. The Bertz CT molecular complexity index is 757. The van der Waals surface area contributed by atoms with E-state index in [1.807, 2.05) is 0 Å². The van der Waals surface area contributed by atoms with E-state index in [0.717, 1.165) is 5.52 Å². The minimum absolute atomic E-state index is 0.0656. The number of carboxylic acids is 1. The second kappa shape index (κ2) is 6.19. The number of imidazole rings is 1. The van der Waals surface area contributed by atoms with Gasteiger partial charge in [0.2, 0.25) is 0 Å². The van der Waals surface area contributed by atoms with E-state index in [9.17, 15) is 9.90 Å². The van der Waals surface area contributed by atoms with Crippen LogP contribution in [0, 0.1) is 0 Å². The zero-order valence-electron chi connectivity index (χ0n) is 10.5. The molecule has 3 N–H and O–H groups in total. The zero-order valence-corrected chi connectivity index (χ0v) is 12.1. The van der Waals surface area contributed by atoms with E-state index in [4.69, 9.17) is 16.7 Å². The number of rotatable bonds is 5. The van der Waals surface area contributed by atoms with E-state index in [-0.39, 0.29) is 12.2 Å². The monoisotopic (exact) mass is 312 g/mol. The van der Waals surface area contributed by atoms with Crippen molar-refractivity contribution in [3.8, 4) is 0 Å². The Hall–Kier alpha value is -1.66. The molecular formula is C13H13ClN2O3S. The summed E-state index contributed by atoms with van der Waals surface area (Å²) in [6.45, 7) is 3.70. The van der Waals surface area contributed by atoms with Gasteiger partial charge >= 0.3 is 5.97 Å². The average molecular weight is 313 g/mol. The lowest BCUT2D eigenvalue weighted by atomic mass is 10.2. The minimum Gasteiger partial charge on any atom is -0.511 e. The van der Waals surface area contributed by atoms with Crippen LogP contribution in [0.4, 0.5) is 0 Å². The van der Waals surface area contributed by atoms with Crippen LogP contribution in [0.15, 0.2) is 12.1 Å². The van der Waals surface area contributed by atoms with Crippen molar-refractivity contribution in [2.45, 2.75) is 6.42 Å².